The molecule has 0 saturated carbocycles. The van der Waals surface area contributed by atoms with Crippen LogP contribution >= 0.6 is 0 Å². The third-order valence-corrected chi connectivity index (χ3v) is 10.1. The van der Waals surface area contributed by atoms with Crippen LogP contribution in [0.4, 0.5) is 17.1 Å². The van der Waals surface area contributed by atoms with Crippen LogP contribution in [0.3, 0.4) is 0 Å². The van der Waals surface area contributed by atoms with E-state index in [2.05, 4.69) is 12.2 Å². The maximum Gasteiger partial charge on any atom is 0.269 e. The normalized spacial score (nSPS) is 22.3. The SMILES string of the molecule is CCCCCc1ccc(C(=O)[C@@H]2[C@H](C(=O)c3ccc([N+](=O)[O-])cc3)N3c4ccccc4C(C)=C[C@@H]3[C@@]23C(=O)Nc2ccccc23)cc1. The molecule has 3 aliphatic rings. The number of Topliss-reactive ketones (excluding diaryl/α,β-unsaturated/α-hetero) is 2. The fourth-order valence-electron chi connectivity index (χ4n) is 7.90. The number of ketones is 2. The van der Waals surface area contributed by atoms with Crippen molar-refractivity contribution in [3.05, 3.63) is 141 Å². The van der Waals surface area contributed by atoms with E-state index >= 15 is 4.79 Å². The van der Waals surface area contributed by atoms with Gasteiger partial charge in [0.15, 0.2) is 11.6 Å². The highest BCUT2D eigenvalue weighted by molar-refractivity contribution is 6.18. The quantitative estimate of drug-likeness (QED) is 0.0889. The number of non-ortho nitro benzene ring substituents is 1. The number of anilines is 2. The van der Waals surface area contributed by atoms with Gasteiger partial charge in [-0.3, -0.25) is 24.5 Å². The highest BCUT2D eigenvalue weighted by Gasteiger charge is 2.70. The predicted octanol–water partition coefficient (Wildman–Crippen LogP) is 7.57. The Labute approximate surface area is 273 Å². The molecular weight excluding hydrogens is 590 g/mol. The molecular formula is C39H35N3O5. The van der Waals surface area contributed by atoms with Crippen molar-refractivity contribution >= 4 is 40.1 Å². The summed E-state index contributed by atoms with van der Waals surface area (Å²) < 4.78 is 0. The van der Waals surface area contributed by atoms with Crippen molar-refractivity contribution < 1.29 is 19.3 Å². The Kier molecular flexibility index (Phi) is 7.59. The van der Waals surface area contributed by atoms with Gasteiger partial charge in [-0.1, -0.05) is 86.5 Å². The number of carbonyl (C=O) groups is 3. The van der Waals surface area contributed by atoms with Crippen molar-refractivity contribution in [2.45, 2.75) is 57.0 Å². The van der Waals surface area contributed by atoms with Crippen LogP contribution in [0.5, 0.6) is 0 Å². The molecule has 1 saturated heterocycles. The number of para-hydroxylation sites is 2. The zero-order valence-corrected chi connectivity index (χ0v) is 26.3. The lowest BCUT2D eigenvalue weighted by Crippen LogP contribution is -2.51. The van der Waals surface area contributed by atoms with Crippen molar-refractivity contribution in [2.24, 2.45) is 5.92 Å². The van der Waals surface area contributed by atoms with E-state index in [1.54, 1.807) is 0 Å². The van der Waals surface area contributed by atoms with Crippen LogP contribution in [0, 0.1) is 16.0 Å². The van der Waals surface area contributed by atoms with Gasteiger partial charge in [-0.05, 0) is 60.7 Å². The molecule has 8 nitrogen and oxygen atoms in total. The minimum atomic E-state index is -1.43. The molecule has 4 aromatic rings. The van der Waals surface area contributed by atoms with Gasteiger partial charge in [0, 0.05) is 40.2 Å². The average Bonchev–Trinajstić information content (AvgIpc) is 3.56. The van der Waals surface area contributed by atoms with Crippen molar-refractivity contribution in [2.75, 3.05) is 10.2 Å². The minimum Gasteiger partial charge on any atom is -0.352 e. The molecule has 47 heavy (non-hydrogen) atoms. The molecule has 1 N–H and O–H groups in total. The number of benzene rings is 4. The molecule has 3 aliphatic heterocycles. The number of rotatable bonds is 9. The number of nitro benzene ring substituents is 1. The fourth-order valence-corrected chi connectivity index (χ4v) is 7.90. The number of nitrogens with one attached hydrogen (secondary N) is 1. The van der Waals surface area contributed by atoms with Gasteiger partial charge >= 0.3 is 0 Å². The molecule has 0 bridgehead atoms. The zero-order chi connectivity index (χ0) is 32.9. The lowest BCUT2D eigenvalue weighted by Gasteiger charge is -2.39. The minimum absolute atomic E-state index is 0.139. The molecule has 1 amide bonds. The number of hydrogen-bond acceptors (Lipinski definition) is 6. The predicted molar refractivity (Wildman–Crippen MR) is 182 cm³/mol. The molecule has 0 aromatic heterocycles. The number of hydrogen-bond donors (Lipinski definition) is 1. The summed E-state index contributed by atoms with van der Waals surface area (Å²) in [4.78, 5) is 57.4. The smallest absolute Gasteiger partial charge is 0.269 e. The lowest BCUT2D eigenvalue weighted by atomic mass is 9.64. The maximum atomic E-state index is 15.1. The Morgan fingerprint density at radius 2 is 1.53 bits per heavy atom. The first-order chi connectivity index (χ1) is 22.8. The average molecular weight is 626 g/mol. The summed E-state index contributed by atoms with van der Waals surface area (Å²) in [6, 6.07) is 26.4. The Hall–Kier alpha value is -5.37. The van der Waals surface area contributed by atoms with E-state index in [0.717, 1.165) is 48.1 Å². The van der Waals surface area contributed by atoms with Gasteiger partial charge in [-0.25, -0.2) is 0 Å². The molecule has 4 atom stereocenters. The highest BCUT2D eigenvalue weighted by Crippen LogP contribution is 2.58. The number of nitrogens with zero attached hydrogens (tertiary/aromatic N) is 2. The van der Waals surface area contributed by atoms with Gasteiger partial charge in [0.25, 0.3) is 5.69 Å². The molecule has 1 fully saturated rings. The monoisotopic (exact) mass is 625 g/mol. The summed E-state index contributed by atoms with van der Waals surface area (Å²) in [5.41, 5.74) is 4.15. The van der Waals surface area contributed by atoms with Gasteiger partial charge < -0.3 is 10.2 Å². The van der Waals surface area contributed by atoms with Gasteiger partial charge in [0.2, 0.25) is 5.91 Å². The largest absolute Gasteiger partial charge is 0.352 e. The first-order valence-corrected chi connectivity index (χ1v) is 16.2. The Balaban J connectivity index is 1.45. The molecule has 0 aliphatic carbocycles. The van der Waals surface area contributed by atoms with Gasteiger partial charge in [-0.2, -0.15) is 0 Å². The summed E-state index contributed by atoms with van der Waals surface area (Å²) >= 11 is 0. The van der Waals surface area contributed by atoms with Gasteiger partial charge in [0.1, 0.15) is 11.5 Å². The highest BCUT2D eigenvalue weighted by atomic mass is 16.6. The molecule has 7 rings (SSSR count). The van der Waals surface area contributed by atoms with Crippen LogP contribution in [-0.2, 0) is 16.6 Å². The summed E-state index contributed by atoms with van der Waals surface area (Å²) in [6.45, 7) is 4.15. The number of unbranched alkanes of at least 4 members (excludes halogenated alkanes) is 2. The van der Waals surface area contributed by atoms with Crippen molar-refractivity contribution in [1.29, 1.82) is 0 Å². The third-order valence-electron chi connectivity index (χ3n) is 10.1. The van der Waals surface area contributed by atoms with Gasteiger partial charge in [0.05, 0.1) is 16.9 Å². The van der Waals surface area contributed by atoms with Crippen molar-refractivity contribution in [3.8, 4) is 0 Å². The third kappa shape index (κ3) is 4.70. The van der Waals surface area contributed by atoms with Crippen LogP contribution < -0.4 is 10.2 Å². The van der Waals surface area contributed by atoms with Crippen molar-refractivity contribution in [3.63, 3.8) is 0 Å². The first kappa shape index (κ1) is 30.3. The van der Waals surface area contributed by atoms with Crippen LogP contribution in [-0.4, -0.2) is 34.5 Å². The number of amides is 1. The van der Waals surface area contributed by atoms with E-state index in [1.807, 2.05) is 90.7 Å². The zero-order valence-electron chi connectivity index (χ0n) is 26.3. The van der Waals surface area contributed by atoms with Crippen molar-refractivity contribution in [1.82, 2.24) is 0 Å². The number of carbonyl (C=O) groups excluding carboxylic acids is 3. The number of nitro groups is 1. The molecule has 0 radical (unpaired) electrons. The molecule has 1 spiro atoms. The Morgan fingerprint density at radius 3 is 2.26 bits per heavy atom. The fraction of sp³-hybridized carbons (Fsp3) is 0.256. The summed E-state index contributed by atoms with van der Waals surface area (Å²) in [7, 11) is 0. The van der Waals surface area contributed by atoms with E-state index in [-0.39, 0.29) is 28.7 Å². The second-order valence-electron chi connectivity index (χ2n) is 12.7. The first-order valence-electron chi connectivity index (χ1n) is 16.2. The van der Waals surface area contributed by atoms with E-state index in [0.29, 0.717) is 16.8 Å². The Bertz CT molecular complexity index is 1950. The second kappa shape index (κ2) is 11.8. The van der Waals surface area contributed by atoms with E-state index in [1.165, 1.54) is 24.3 Å². The van der Waals surface area contributed by atoms with Crippen LogP contribution in [0.1, 0.15) is 70.5 Å². The van der Waals surface area contributed by atoms with E-state index < -0.39 is 28.3 Å². The molecule has 8 heteroatoms. The maximum absolute atomic E-state index is 15.1. The van der Waals surface area contributed by atoms with E-state index in [9.17, 15) is 19.7 Å². The lowest BCUT2D eigenvalue weighted by molar-refractivity contribution is -0.384. The molecule has 3 heterocycles. The Morgan fingerprint density at radius 1 is 0.872 bits per heavy atom. The molecule has 0 unspecified atom stereocenters. The number of fused-ring (bicyclic) bond motifs is 6. The summed E-state index contributed by atoms with van der Waals surface area (Å²) in [6.07, 6.45) is 6.22. The summed E-state index contributed by atoms with van der Waals surface area (Å²) in [5, 5.41) is 14.5. The topological polar surface area (TPSA) is 110 Å². The number of allylic oxidation sites excluding steroid dienone is 1. The standard InChI is InChI=1S/C39H35N3O5/c1-3-4-5-10-25-15-17-26(18-16-25)36(43)34-35(37(44)27-19-21-28(22-20-27)42(46)47)41-32-14-9-6-11-29(32)24(2)23-33(41)39(34)30-12-7-8-13-31(30)40-38(39)45/h6-9,11-23,33-35H,3-5,10H2,1-2H3,(H,40,45)/t33-,34+,35-,39-/m1/s1. The molecule has 4 aromatic carbocycles. The van der Waals surface area contributed by atoms with Crippen LogP contribution in [0.15, 0.2) is 103 Å². The summed E-state index contributed by atoms with van der Waals surface area (Å²) in [5.74, 6) is -2.11. The van der Waals surface area contributed by atoms with Gasteiger partial charge in [-0.15, -0.1) is 0 Å². The van der Waals surface area contributed by atoms with Crippen LogP contribution in [0.25, 0.3) is 5.57 Å². The second-order valence-corrected chi connectivity index (χ2v) is 12.7. The molecule has 236 valence electrons. The van der Waals surface area contributed by atoms with Crippen LogP contribution in [0.2, 0.25) is 0 Å². The van der Waals surface area contributed by atoms with E-state index in [4.69, 9.17) is 0 Å². The number of aryl methyl sites for hydroxylation is 1.